The lowest BCUT2D eigenvalue weighted by Gasteiger charge is -2.34. The lowest BCUT2D eigenvalue weighted by atomic mass is 9.91. The first-order valence-corrected chi connectivity index (χ1v) is 8.75. The van der Waals surface area contributed by atoms with Crippen molar-refractivity contribution in [1.82, 2.24) is 10.2 Å². The molecule has 0 spiro atoms. The molecule has 1 aliphatic rings. The Kier molecular flexibility index (Phi) is 9.21. The second kappa shape index (κ2) is 10.9. The van der Waals surface area contributed by atoms with Crippen molar-refractivity contribution < 1.29 is 14.3 Å². The highest BCUT2D eigenvalue weighted by Gasteiger charge is 2.39. The molecule has 0 aliphatic carbocycles. The summed E-state index contributed by atoms with van der Waals surface area (Å²) >= 11 is 0. The van der Waals surface area contributed by atoms with Gasteiger partial charge >= 0.3 is 0 Å². The van der Waals surface area contributed by atoms with Crippen LogP contribution in [-0.2, 0) is 9.53 Å². The Morgan fingerprint density at radius 3 is 2.22 bits per heavy atom. The van der Waals surface area contributed by atoms with Crippen molar-refractivity contribution in [1.29, 1.82) is 0 Å². The molecule has 6 nitrogen and oxygen atoms in total. The van der Waals surface area contributed by atoms with Crippen LogP contribution in [-0.4, -0.2) is 55.6 Å². The topological polar surface area (TPSA) is 70.7 Å². The molecule has 0 atom stereocenters. The number of halogens is 1. The van der Waals surface area contributed by atoms with Gasteiger partial charge in [-0.2, -0.15) is 0 Å². The molecule has 2 amide bonds. The van der Waals surface area contributed by atoms with Gasteiger partial charge in [-0.05, 0) is 50.2 Å². The Hall–Kier alpha value is -2.15. The molecular weight excluding hydrogens is 366 g/mol. The highest BCUT2D eigenvalue weighted by Crippen LogP contribution is 2.24. The van der Waals surface area contributed by atoms with Crippen molar-refractivity contribution in [2.75, 3.05) is 38.6 Å². The summed E-state index contributed by atoms with van der Waals surface area (Å²) in [5, 5.41) is 6.13. The number of carbonyl (C=O) groups excluding carboxylic acids is 2. The maximum Gasteiger partial charge on any atom is 0.256 e. The zero-order chi connectivity index (χ0) is 19.0. The summed E-state index contributed by atoms with van der Waals surface area (Å²) in [7, 11) is 1.57. The largest absolute Gasteiger partial charge is 0.368 e. The fourth-order valence-electron chi connectivity index (χ4n) is 3.03. The Bertz CT molecular complexity index is 645. The summed E-state index contributed by atoms with van der Waals surface area (Å²) in [6.07, 6.45) is 4.62. The van der Waals surface area contributed by atoms with E-state index in [-0.39, 0.29) is 24.2 Å². The van der Waals surface area contributed by atoms with Crippen LogP contribution in [0.5, 0.6) is 0 Å². The van der Waals surface area contributed by atoms with Gasteiger partial charge in [-0.3, -0.25) is 9.59 Å². The smallest absolute Gasteiger partial charge is 0.256 e. The van der Waals surface area contributed by atoms with Crippen LogP contribution >= 0.6 is 12.4 Å². The molecule has 1 aromatic carbocycles. The van der Waals surface area contributed by atoms with Crippen LogP contribution in [0.15, 0.2) is 49.6 Å². The highest BCUT2D eigenvalue weighted by atomic mass is 35.5. The minimum atomic E-state index is -0.801. The SMILES string of the molecule is C=CCN(CC=C)C(=O)c1ccc(NC(=O)C2(OC)CCNCC2)cc1.Cl. The molecule has 0 unspecified atom stereocenters. The van der Waals surface area contributed by atoms with Gasteiger partial charge in [0.05, 0.1) is 0 Å². The van der Waals surface area contributed by atoms with E-state index in [1.54, 1.807) is 48.4 Å². The molecule has 1 aliphatic heterocycles. The summed E-state index contributed by atoms with van der Waals surface area (Å²) in [5.74, 6) is -0.255. The predicted octanol–water partition coefficient (Wildman–Crippen LogP) is 2.63. The summed E-state index contributed by atoms with van der Waals surface area (Å²) in [5.41, 5.74) is 0.389. The second-order valence-corrected chi connectivity index (χ2v) is 6.27. The van der Waals surface area contributed by atoms with Gasteiger partial charge in [0.2, 0.25) is 0 Å². The number of nitrogens with one attached hydrogen (secondary N) is 2. The van der Waals surface area contributed by atoms with Crippen molar-refractivity contribution >= 4 is 29.9 Å². The average Bonchev–Trinajstić information content (AvgIpc) is 2.68. The van der Waals surface area contributed by atoms with Crippen LogP contribution in [0.1, 0.15) is 23.2 Å². The van der Waals surface area contributed by atoms with Crippen molar-refractivity contribution in [2.45, 2.75) is 18.4 Å². The number of methoxy groups -OCH3 is 1. The number of piperidine rings is 1. The minimum absolute atomic E-state index is 0. The summed E-state index contributed by atoms with van der Waals surface area (Å²) in [4.78, 5) is 26.8. The van der Waals surface area contributed by atoms with E-state index in [4.69, 9.17) is 4.74 Å². The maximum absolute atomic E-state index is 12.7. The first kappa shape index (κ1) is 22.9. The molecule has 27 heavy (non-hydrogen) atoms. The summed E-state index contributed by atoms with van der Waals surface area (Å²) < 4.78 is 5.53. The number of hydrogen-bond donors (Lipinski definition) is 2. The quantitative estimate of drug-likeness (QED) is 0.666. The number of benzene rings is 1. The number of rotatable bonds is 8. The van der Waals surface area contributed by atoms with E-state index in [9.17, 15) is 9.59 Å². The lowest BCUT2D eigenvalue weighted by Crippen LogP contribution is -2.51. The fourth-order valence-corrected chi connectivity index (χ4v) is 3.03. The highest BCUT2D eigenvalue weighted by molar-refractivity contribution is 5.98. The van der Waals surface area contributed by atoms with Crippen LogP contribution < -0.4 is 10.6 Å². The third-order valence-corrected chi connectivity index (χ3v) is 4.59. The van der Waals surface area contributed by atoms with Crippen molar-refractivity contribution in [3.05, 3.63) is 55.1 Å². The maximum atomic E-state index is 12.7. The van der Waals surface area contributed by atoms with Gasteiger partial charge in [-0.15, -0.1) is 25.6 Å². The van der Waals surface area contributed by atoms with E-state index in [1.807, 2.05) is 0 Å². The number of ether oxygens (including phenoxy) is 1. The molecule has 2 rings (SSSR count). The number of anilines is 1. The van der Waals surface area contributed by atoms with E-state index in [2.05, 4.69) is 23.8 Å². The number of amides is 2. The molecule has 2 N–H and O–H groups in total. The van der Waals surface area contributed by atoms with E-state index in [0.717, 1.165) is 13.1 Å². The summed E-state index contributed by atoms with van der Waals surface area (Å²) in [6.45, 7) is 9.74. The van der Waals surface area contributed by atoms with Gasteiger partial charge in [0.1, 0.15) is 5.60 Å². The molecule has 1 heterocycles. The standard InChI is InChI=1S/C20H27N3O3.ClH/c1-4-14-23(15-5-2)18(24)16-6-8-17(9-7-16)22-19(25)20(26-3)10-12-21-13-11-20;/h4-9,21H,1-2,10-15H2,3H3,(H,22,25);1H. The molecule has 7 heteroatoms. The Morgan fingerprint density at radius 1 is 1.19 bits per heavy atom. The van der Waals surface area contributed by atoms with E-state index in [1.165, 1.54) is 0 Å². The zero-order valence-corrected chi connectivity index (χ0v) is 16.5. The average molecular weight is 394 g/mol. The fraction of sp³-hybridized carbons (Fsp3) is 0.400. The van der Waals surface area contributed by atoms with Crippen LogP contribution in [0.4, 0.5) is 5.69 Å². The van der Waals surface area contributed by atoms with Crippen molar-refractivity contribution in [2.24, 2.45) is 0 Å². The van der Waals surface area contributed by atoms with Crippen LogP contribution in [0, 0.1) is 0 Å². The van der Waals surface area contributed by atoms with E-state index >= 15 is 0 Å². The minimum Gasteiger partial charge on any atom is -0.368 e. The van der Waals surface area contributed by atoms with Crippen molar-refractivity contribution in [3.63, 3.8) is 0 Å². The van der Waals surface area contributed by atoms with E-state index in [0.29, 0.717) is 37.2 Å². The van der Waals surface area contributed by atoms with Gasteiger partial charge in [0.25, 0.3) is 11.8 Å². The molecule has 0 saturated carbocycles. The molecule has 0 bridgehead atoms. The van der Waals surface area contributed by atoms with Crippen LogP contribution in [0.25, 0.3) is 0 Å². The first-order valence-electron chi connectivity index (χ1n) is 8.75. The first-order chi connectivity index (χ1) is 12.6. The third-order valence-electron chi connectivity index (χ3n) is 4.59. The Balaban J connectivity index is 0.00000364. The Labute approximate surface area is 167 Å². The normalized spacial score (nSPS) is 15.1. The van der Waals surface area contributed by atoms with Gasteiger partial charge < -0.3 is 20.3 Å². The number of nitrogens with zero attached hydrogens (tertiary/aromatic N) is 1. The van der Waals surface area contributed by atoms with Gasteiger partial charge in [0.15, 0.2) is 0 Å². The summed E-state index contributed by atoms with van der Waals surface area (Å²) in [6, 6.07) is 6.88. The Morgan fingerprint density at radius 2 is 1.74 bits per heavy atom. The van der Waals surface area contributed by atoms with Gasteiger partial charge in [-0.1, -0.05) is 12.2 Å². The van der Waals surface area contributed by atoms with Gasteiger partial charge in [-0.25, -0.2) is 0 Å². The molecule has 1 fully saturated rings. The molecule has 0 aromatic heterocycles. The van der Waals surface area contributed by atoms with Gasteiger partial charge in [0, 0.05) is 31.5 Å². The van der Waals surface area contributed by atoms with Crippen LogP contribution in [0.3, 0.4) is 0 Å². The van der Waals surface area contributed by atoms with Crippen molar-refractivity contribution in [3.8, 4) is 0 Å². The number of hydrogen-bond acceptors (Lipinski definition) is 4. The molecular formula is C20H28ClN3O3. The second-order valence-electron chi connectivity index (χ2n) is 6.27. The van der Waals surface area contributed by atoms with E-state index < -0.39 is 5.60 Å². The molecule has 0 radical (unpaired) electrons. The zero-order valence-electron chi connectivity index (χ0n) is 15.7. The lowest BCUT2D eigenvalue weighted by molar-refractivity contribution is -0.140. The predicted molar refractivity (Wildman–Crippen MR) is 110 cm³/mol. The van der Waals surface area contributed by atoms with Crippen LogP contribution in [0.2, 0.25) is 0 Å². The third kappa shape index (κ3) is 5.66. The number of carbonyl (C=O) groups is 2. The molecule has 1 saturated heterocycles. The monoisotopic (exact) mass is 393 g/mol. The molecule has 148 valence electrons. The molecule has 1 aromatic rings.